The van der Waals surface area contributed by atoms with Crippen molar-refractivity contribution in [1.29, 1.82) is 0 Å². The summed E-state index contributed by atoms with van der Waals surface area (Å²) in [7, 11) is 0. The Morgan fingerprint density at radius 1 is 1.35 bits per heavy atom. The first-order valence-electron chi connectivity index (χ1n) is 5.91. The minimum atomic E-state index is -0.0788. The smallest absolute Gasteiger partial charge is 0.239 e. The largest absolute Gasteiger partial charge is 0.396 e. The molecule has 1 aromatic heterocycles. The van der Waals surface area contributed by atoms with Crippen LogP contribution in [0.2, 0.25) is 0 Å². The number of nitrogens with zero attached hydrogens (tertiary/aromatic N) is 2. The SMILES string of the molecule is CC(CO)CSC(C)c1nc(C(C)(C)C)no1. The van der Waals surface area contributed by atoms with Gasteiger partial charge in [-0.1, -0.05) is 32.9 Å². The zero-order valence-electron chi connectivity index (χ0n) is 11.2. The number of aliphatic hydroxyl groups is 1. The Morgan fingerprint density at radius 3 is 2.47 bits per heavy atom. The van der Waals surface area contributed by atoms with Gasteiger partial charge in [-0.15, -0.1) is 11.8 Å². The highest BCUT2D eigenvalue weighted by molar-refractivity contribution is 7.99. The van der Waals surface area contributed by atoms with Gasteiger partial charge < -0.3 is 9.63 Å². The Balaban J connectivity index is 2.58. The summed E-state index contributed by atoms with van der Waals surface area (Å²) >= 11 is 1.73. The maximum absolute atomic E-state index is 8.96. The summed E-state index contributed by atoms with van der Waals surface area (Å²) in [5.41, 5.74) is -0.0788. The van der Waals surface area contributed by atoms with E-state index < -0.39 is 0 Å². The molecule has 1 heterocycles. The molecule has 1 N–H and O–H groups in total. The minimum Gasteiger partial charge on any atom is -0.396 e. The highest BCUT2D eigenvalue weighted by Gasteiger charge is 2.23. The van der Waals surface area contributed by atoms with Crippen LogP contribution in [-0.2, 0) is 5.41 Å². The third-order valence-corrected chi connectivity index (χ3v) is 3.87. The fourth-order valence-corrected chi connectivity index (χ4v) is 2.10. The lowest BCUT2D eigenvalue weighted by atomic mass is 9.96. The van der Waals surface area contributed by atoms with E-state index in [1.54, 1.807) is 11.8 Å². The van der Waals surface area contributed by atoms with E-state index in [-0.39, 0.29) is 17.3 Å². The van der Waals surface area contributed by atoms with Gasteiger partial charge in [0.1, 0.15) is 0 Å². The second-order valence-electron chi connectivity index (χ2n) is 5.47. The van der Waals surface area contributed by atoms with Crippen LogP contribution in [0.15, 0.2) is 4.52 Å². The molecule has 1 rings (SSSR count). The fourth-order valence-electron chi connectivity index (χ4n) is 1.14. The Morgan fingerprint density at radius 2 is 2.00 bits per heavy atom. The van der Waals surface area contributed by atoms with E-state index in [2.05, 4.69) is 37.8 Å². The van der Waals surface area contributed by atoms with Crippen molar-refractivity contribution < 1.29 is 9.63 Å². The van der Waals surface area contributed by atoms with E-state index in [1.165, 1.54) is 0 Å². The predicted octanol–water partition coefficient (Wildman–Crippen LogP) is 2.79. The molecule has 17 heavy (non-hydrogen) atoms. The van der Waals surface area contributed by atoms with Crippen LogP contribution in [0.1, 0.15) is 51.6 Å². The first-order chi connectivity index (χ1) is 7.84. The molecular formula is C12H22N2O2S. The van der Waals surface area contributed by atoms with E-state index in [0.717, 1.165) is 11.6 Å². The van der Waals surface area contributed by atoms with Crippen molar-refractivity contribution in [2.75, 3.05) is 12.4 Å². The Hall–Kier alpha value is -0.550. The predicted molar refractivity (Wildman–Crippen MR) is 70.1 cm³/mol. The number of aromatic nitrogens is 2. The maximum atomic E-state index is 8.96. The molecule has 0 saturated carbocycles. The molecule has 0 saturated heterocycles. The van der Waals surface area contributed by atoms with Crippen LogP contribution in [0.4, 0.5) is 0 Å². The Labute approximate surface area is 107 Å². The van der Waals surface area contributed by atoms with Crippen molar-refractivity contribution in [2.24, 2.45) is 5.92 Å². The number of rotatable bonds is 5. The van der Waals surface area contributed by atoms with Crippen LogP contribution in [0.25, 0.3) is 0 Å². The summed E-state index contributed by atoms with van der Waals surface area (Å²) in [6.07, 6.45) is 0. The topological polar surface area (TPSA) is 59.2 Å². The first kappa shape index (κ1) is 14.5. The van der Waals surface area contributed by atoms with Crippen LogP contribution in [-0.4, -0.2) is 27.6 Å². The normalized spacial score (nSPS) is 15.9. The van der Waals surface area contributed by atoms with Crippen LogP contribution in [0.5, 0.6) is 0 Å². The molecule has 98 valence electrons. The lowest BCUT2D eigenvalue weighted by Gasteiger charge is -2.12. The summed E-state index contributed by atoms with van der Waals surface area (Å²) in [6.45, 7) is 10.5. The zero-order chi connectivity index (χ0) is 13.1. The number of thioether (sulfide) groups is 1. The lowest BCUT2D eigenvalue weighted by Crippen LogP contribution is -2.13. The monoisotopic (exact) mass is 258 g/mol. The molecule has 0 radical (unpaired) electrons. The van der Waals surface area contributed by atoms with E-state index >= 15 is 0 Å². The van der Waals surface area contributed by atoms with Gasteiger partial charge in [0.2, 0.25) is 5.89 Å². The second kappa shape index (κ2) is 5.87. The maximum Gasteiger partial charge on any atom is 0.239 e. The zero-order valence-corrected chi connectivity index (χ0v) is 12.0. The fraction of sp³-hybridized carbons (Fsp3) is 0.833. The highest BCUT2D eigenvalue weighted by Crippen LogP contribution is 2.30. The van der Waals surface area contributed by atoms with Crippen LogP contribution < -0.4 is 0 Å². The van der Waals surface area contributed by atoms with Crippen molar-refractivity contribution in [2.45, 2.75) is 45.3 Å². The van der Waals surface area contributed by atoms with Gasteiger partial charge in [-0.3, -0.25) is 0 Å². The summed E-state index contributed by atoms with van der Waals surface area (Å²) < 4.78 is 5.27. The number of hydrogen-bond acceptors (Lipinski definition) is 5. The molecule has 0 aromatic carbocycles. The molecule has 0 spiro atoms. The molecule has 0 aliphatic carbocycles. The molecule has 0 amide bonds. The molecule has 5 heteroatoms. The Bertz CT molecular complexity index is 347. The molecule has 0 aliphatic rings. The van der Waals surface area contributed by atoms with Gasteiger partial charge in [0.25, 0.3) is 0 Å². The quantitative estimate of drug-likeness (QED) is 0.880. The van der Waals surface area contributed by atoms with E-state index in [4.69, 9.17) is 9.63 Å². The van der Waals surface area contributed by atoms with Gasteiger partial charge in [0.05, 0.1) is 5.25 Å². The highest BCUT2D eigenvalue weighted by atomic mass is 32.2. The molecule has 0 aliphatic heterocycles. The average molecular weight is 258 g/mol. The van der Waals surface area contributed by atoms with Gasteiger partial charge in [-0.25, -0.2) is 0 Å². The van der Waals surface area contributed by atoms with Gasteiger partial charge in [-0.2, -0.15) is 4.98 Å². The Kier molecular flexibility index (Phi) is 5.01. The average Bonchev–Trinajstić information content (AvgIpc) is 2.74. The number of aliphatic hydroxyl groups excluding tert-OH is 1. The molecule has 4 nitrogen and oxygen atoms in total. The van der Waals surface area contributed by atoms with E-state index in [1.807, 2.05) is 6.92 Å². The van der Waals surface area contributed by atoms with Gasteiger partial charge in [0, 0.05) is 12.0 Å². The number of hydrogen-bond donors (Lipinski definition) is 1. The molecule has 0 bridgehead atoms. The van der Waals surface area contributed by atoms with E-state index in [0.29, 0.717) is 11.8 Å². The third kappa shape index (κ3) is 4.32. The van der Waals surface area contributed by atoms with Crippen molar-refractivity contribution >= 4 is 11.8 Å². The van der Waals surface area contributed by atoms with Gasteiger partial charge in [0.15, 0.2) is 5.82 Å². The third-order valence-electron chi connectivity index (χ3n) is 2.40. The molecule has 1 aromatic rings. The second-order valence-corrected chi connectivity index (χ2v) is 6.84. The summed E-state index contributed by atoms with van der Waals surface area (Å²) in [6, 6.07) is 0. The molecule has 0 fully saturated rings. The molecular weight excluding hydrogens is 236 g/mol. The summed E-state index contributed by atoms with van der Waals surface area (Å²) in [5, 5.41) is 13.1. The summed E-state index contributed by atoms with van der Waals surface area (Å²) in [4.78, 5) is 4.42. The molecule has 2 atom stereocenters. The van der Waals surface area contributed by atoms with Crippen molar-refractivity contribution in [3.8, 4) is 0 Å². The van der Waals surface area contributed by atoms with Gasteiger partial charge >= 0.3 is 0 Å². The van der Waals surface area contributed by atoms with Crippen LogP contribution >= 0.6 is 11.8 Å². The van der Waals surface area contributed by atoms with Crippen LogP contribution in [0, 0.1) is 5.92 Å². The van der Waals surface area contributed by atoms with Crippen LogP contribution in [0.3, 0.4) is 0 Å². The first-order valence-corrected chi connectivity index (χ1v) is 6.96. The minimum absolute atomic E-state index is 0.0788. The molecule has 2 unspecified atom stereocenters. The lowest BCUT2D eigenvalue weighted by molar-refractivity contribution is 0.250. The standard InChI is InChI=1S/C12H22N2O2S/c1-8(6-15)7-17-9(2)10-13-11(14-16-10)12(3,4)5/h8-9,15H,6-7H2,1-5H3. The van der Waals surface area contributed by atoms with Crippen molar-refractivity contribution in [3.05, 3.63) is 11.7 Å². The van der Waals surface area contributed by atoms with Gasteiger partial charge in [-0.05, 0) is 18.6 Å². The van der Waals surface area contributed by atoms with Crippen molar-refractivity contribution in [3.63, 3.8) is 0 Å². The van der Waals surface area contributed by atoms with Crippen molar-refractivity contribution in [1.82, 2.24) is 10.1 Å². The summed E-state index contributed by atoms with van der Waals surface area (Å²) in [5.74, 6) is 2.61. The van der Waals surface area contributed by atoms with E-state index in [9.17, 15) is 0 Å².